The molecule has 0 aliphatic heterocycles. The molecule has 0 spiro atoms. The summed E-state index contributed by atoms with van der Waals surface area (Å²) in [7, 11) is 1.85. The maximum Gasteiger partial charge on any atom is 0.197 e. The highest BCUT2D eigenvalue weighted by molar-refractivity contribution is 9.13. The van der Waals surface area contributed by atoms with Gasteiger partial charge in [-0.3, -0.25) is 0 Å². The molecule has 2 rings (SSSR count). The van der Waals surface area contributed by atoms with E-state index in [0.717, 1.165) is 28.0 Å². The zero-order chi connectivity index (χ0) is 13.3. The van der Waals surface area contributed by atoms with E-state index in [1.165, 1.54) is 0 Å². The van der Waals surface area contributed by atoms with Crippen LogP contribution >= 0.6 is 31.9 Å². The van der Waals surface area contributed by atoms with E-state index in [9.17, 15) is 0 Å². The molecule has 0 saturated heterocycles. The topological polar surface area (TPSA) is 51.0 Å². The van der Waals surface area contributed by atoms with Gasteiger partial charge in [0.2, 0.25) is 0 Å². The molecule has 2 heterocycles. The van der Waals surface area contributed by atoms with E-state index in [1.54, 1.807) is 0 Å². The van der Waals surface area contributed by atoms with E-state index >= 15 is 0 Å². The minimum atomic E-state index is 0.591. The standard InChI is InChI=1S/C12H13Br2N3O/c1-4-8-6(2)11(15-3)17-12(16-8)9-5-7(13)10(14)18-9/h5H,4H2,1-3H3,(H,15,16,17). The average molecular weight is 375 g/mol. The van der Waals surface area contributed by atoms with Crippen LogP contribution in [-0.4, -0.2) is 17.0 Å². The lowest BCUT2D eigenvalue weighted by Gasteiger charge is -2.09. The van der Waals surface area contributed by atoms with E-state index < -0.39 is 0 Å². The molecule has 0 unspecified atom stereocenters. The van der Waals surface area contributed by atoms with E-state index in [1.807, 2.05) is 20.0 Å². The predicted octanol–water partition coefficient (Wildman–Crippen LogP) is 4.17. The Morgan fingerprint density at radius 2 is 2.06 bits per heavy atom. The number of hydrogen-bond acceptors (Lipinski definition) is 4. The van der Waals surface area contributed by atoms with Crippen LogP contribution in [0.5, 0.6) is 0 Å². The van der Waals surface area contributed by atoms with Gasteiger partial charge in [0.15, 0.2) is 16.3 Å². The molecule has 18 heavy (non-hydrogen) atoms. The Morgan fingerprint density at radius 3 is 2.56 bits per heavy atom. The molecule has 0 saturated carbocycles. The highest BCUT2D eigenvalue weighted by Gasteiger charge is 2.15. The van der Waals surface area contributed by atoms with Crippen LogP contribution in [0.1, 0.15) is 18.2 Å². The second-order valence-electron chi connectivity index (χ2n) is 3.80. The lowest BCUT2D eigenvalue weighted by Crippen LogP contribution is -2.04. The summed E-state index contributed by atoms with van der Waals surface area (Å²) in [6, 6.07) is 1.85. The number of aryl methyl sites for hydroxylation is 1. The van der Waals surface area contributed by atoms with Gasteiger partial charge >= 0.3 is 0 Å². The largest absolute Gasteiger partial charge is 0.445 e. The predicted molar refractivity (Wildman–Crippen MR) is 78.8 cm³/mol. The normalized spacial score (nSPS) is 10.7. The van der Waals surface area contributed by atoms with Crippen molar-refractivity contribution in [2.45, 2.75) is 20.3 Å². The van der Waals surface area contributed by atoms with Crippen molar-refractivity contribution in [2.24, 2.45) is 0 Å². The van der Waals surface area contributed by atoms with Crippen molar-refractivity contribution >= 4 is 37.7 Å². The van der Waals surface area contributed by atoms with Crippen LogP contribution in [0.15, 0.2) is 19.6 Å². The highest BCUT2D eigenvalue weighted by Crippen LogP contribution is 2.32. The monoisotopic (exact) mass is 373 g/mol. The fourth-order valence-electron chi connectivity index (χ4n) is 1.72. The molecule has 0 fully saturated rings. The van der Waals surface area contributed by atoms with Crippen molar-refractivity contribution in [3.05, 3.63) is 26.5 Å². The zero-order valence-electron chi connectivity index (χ0n) is 10.3. The number of rotatable bonds is 3. The Labute approximate surface area is 122 Å². The van der Waals surface area contributed by atoms with Crippen LogP contribution < -0.4 is 5.32 Å². The maximum absolute atomic E-state index is 5.56. The van der Waals surface area contributed by atoms with Crippen LogP contribution in [0.25, 0.3) is 11.6 Å². The number of hydrogen-bond donors (Lipinski definition) is 1. The number of anilines is 1. The maximum atomic E-state index is 5.56. The molecule has 0 aliphatic rings. The van der Waals surface area contributed by atoms with Crippen molar-refractivity contribution in [2.75, 3.05) is 12.4 Å². The van der Waals surface area contributed by atoms with Gasteiger partial charge in [-0.2, -0.15) is 0 Å². The third kappa shape index (κ3) is 2.44. The molecule has 0 amide bonds. The molecule has 2 aromatic rings. The Bertz CT molecular complexity index is 536. The second kappa shape index (κ2) is 5.40. The molecular formula is C12H13Br2N3O. The number of halogens is 2. The molecule has 0 atom stereocenters. The Balaban J connectivity index is 2.57. The average Bonchev–Trinajstić information content (AvgIpc) is 2.70. The molecule has 4 nitrogen and oxygen atoms in total. The zero-order valence-corrected chi connectivity index (χ0v) is 13.5. The van der Waals surface area contributed by atoms with Gasteiger partial charge in [-0.15, -0.1) is 0 Å². The third-order valence-electron chi connectivity index (χ3n) is 2.68. The first-order chi connectivity index (χ1) is 8.56. The lowest BCUT2D eigenvalue weighted by molar-refractivity contribution is 0.549. The third-order valence-corrected chi connectivity index (χ3v) is 4.39. The minimum absolute atomic E-state index is 0.591. The van der Waals surface area contributed by atoms with Gasteiger partial charge in [-0.25, -0.2) is 9.97 Å². The Hall–Kier alpha value is -0.880. The summed E-state index contributed by atoms with van der Waals surface area (Å²) in [5, 5.41) is 3.09. The number of aromatic nitrogens is 2. The van der Waals surface area contributed by atoms with Gasteiger partial charge in [0.05, 0.1) is 4.47 Å². The minimum Gasteiger partial charge on any atom is -0.445 e. The van der Waals surface area contributed by atoms with Crippen LogP contribution in [0, 0.1) is 6.92 Å². The van der Waals surface area contributed by atoms with E-state index in [-0.39, 0.29) is 0 Å². The number of nitrogens with zero attached hydrogens (tertiary/aromatic N) is 2. The van der Waals surface area contributed by atoms with Crippen molar-refractivity contribution in [3.63, 3.8) is 0 Å². The molecule has 0 bridgehead atoms. The van der Waals surface area contributed by atoms with Crippen molar-refractivity contribution in [3.8, 4) is 11.6 Å². The first-order valence-corrected chi connectivity index (χ1v) is 7.15. The van der Waals surface area contributed by atoms with Gasteiger partial charge in [0.25, 0.3) is 0 Å². The highest BCUT2D eigenvalue weighted by atomic mass is 79.9. The van der Waals surface area contributed by atoms with Gasteiger partial charge in [-0.1, -0.05) is 6.92 Å². The first-order valence-electron chi connectivity index (χ1n) is 5.57. The molecule has 0 aliphatic carbocycles. The van der Waals surface area contributed by atoms with Crippen LogP contribution in [0.3, 0.4) is 0 Å². The van der Waals surface area contributed by atoms with E-state index in [2.05, 4.69) is 54.1 Å². The Kier molecular flexibility index (Phi) is 4.07. The van der Waals surface area contributed by atoms with E-state index in [4.69, 9.17) is 4.42 Å². The molecular weight excluding hydrogens is 362 g/mol. The van der Waals surface area contributed by atoms with Gasteiger partial charge in [-0.05, 0) is 45.2 Å². The smallest absolute Gasteiger partial charge is 0.197 e. The molecule has 0 radical (unpaired) electrons. The van der Waals surface area contributed by atoms with Gasteiger partial charge in [0, 0.05) is 24.4 Å². The van der Waals surface area contributed by atoms with E-state index in [0.29, 0.717) is 16.3 Å². The second-order valence-corrected chi connectivity index (χ2v) is 5.38. The summed E-state index contributed by atoms with van der Waals surface area (Å²) in [6.07, 6.45) is 0.860. The lowest BCUT2D eigenvalue weighted by atomic mass is 10.2. The van der Waals surface area contributed by atoms with Crippen molar-refractivity contribution in [1.29, 1.82) is 0 Å². The first kappa shape index (κ1) is 13.5. The molecule has 96 valence electrons. The summed E-state index contributed by atoms with van der Waals surface area (Å²) < 4.78 is 7.05. The molecule has 6 heteroatoms. The number of nitrogens with one attached hydrogen (secondary N) is 1. The van der Waals surface area contributed by atoms with Crippen LogP contribution in [0.2, 0.25) is 0 Å². The molecule has 1 N–H and O–H groups in total. The van der Waals surface area contributed by atoms with Crippen LogP contribution in [-0.2, 0) is 6.42 Å². The summed E-state index contributed by atoms with van der Waals surface area (Å²) in [5.41, 5.74) is 2.10. The quantitative estimate of drug-likeness (QED) is 0.875. The fourth-order valence-corrected chi connectivity index (χ4v) is 2.30. The Morgan fingerprint density at radius 1 is 1.33 bits per heavy atom. The molecule has 2 aromatic heterocycles. The summed E-state index contributed by atoms with van der Waals surface area (Å²) in [6.45, 7) is 4.09. The summed E-state index contributed by atoms with van der Waals surface area (Å²) in [5.74, 6) is 2.06. The van der Waals surface area contributed by atoms with Crippen molar-refractivity contribution < 1.29 is 4.42 Å². The fraction of sp³-hybridized carbons (Fsp3) is 0.333. The summed E-state index contributed by atoms with van der Waals surface area (Å²) in [4.78, 5) is 9.00. The van der Waals surface area contributed by atoms with Crippen molar-refractivity contribution in [1.82, 2.24) is 9.97 Å². The van der Waals surface area contributed by atoms with Gasteiger partial charge < -0.3 is 9.73 Å². The SMILES string of the molecule is CCc1nc(-c2cc(Br)c(Br)o2)nc(NC)c1C. The van der Waals surface area contributed by atoms with Gasteiger partial charge in [0.1, 0.15) is 5.82 Å². The number of furan rings is 1. The van der Waals surface area contributed by atoms with Crippen LogP contribution in [0.4, 0.5) is 5.82 Å². The summed E-state index contributed by atoms with van der Waals surface area (Å²) >= 11 is 6.70. The molecule has 0 aromatic carbocycles.